The Balaban J connectivity index is 1.24. The van der Waals surface area contributed by atoms with Crippen LogP contribution in [0, 0.1) is 0 Å². The number of nitrogens with one attached hydrogen (secondary N) is 1. The third kappa shape index (κ3) is 6.43. The first-order valence-electron chi connectivity index (χ1n) is 13.5. The number of rotatable bonds is 7. The number of hydrogen-bond donors (Lipinski definition) is 1. The van der Waals surface area contributed by atoms with Crippen LogP contribution in [-0.4, -0.2) is 55.3 Å². The van der Waals surface area contributed by atoms with E-state index in [0.29, 0.717) is 52.7 Å². The number of carbonyl (C=O) groups is 1. The van der Waals surface area contributed by atoms with Crippen molar-refractivity contribution < 1.29 is 27.3 Å². The van der Waals surface area contributed by atoms with Crippen molar-refractivity contribution in [1.29, 1.82) is 0 Å². The van der Waals surface area contributed by atoms with Crippen molar-refractivity contribution >= 4 is 28.4 Å². The van der Waals surface area contributed by atoms with Crippen molar-refractivity contribution in [2.45, 2.75) is 75.4 Å². The standard InChI is InChI=1S/C28H32F3N5O3S2/c1-4-41(38)22-6-5-21(32-16-22)15-33-25(37)23-12-19-11-17(2)39-27(24(19)40-23)7-9-36(10-8-27)18(3)20-13-34-26(35-14-20)28(29,30)31/h5-6,12-14,16-18H,4,7-11,15H2,1-3H3,(H,33,37)/t17-,18+,41?/m0/s1. The second-order valence-corrected chi connectivity index (χ2v) is 13.2. The molecule has 5 rings (SSSR count). The van der Waals surface area contributed by atoms with Crippen LogP contribution >= 0.6 is 11.3 Å². The molecule has 1 saturated heterocycles. The number of aromatic nitrogens is 3. The number of ether oxygens (including phenoxy) is 1. The third-order valence-corrected chi connectivity index (χ3v) is 10.3. The van der Waals surface area contributed by atoms with Gasteiger partial charge in [0.25, 0.3) is 5.91 Å². The lowest BCUT2D eigenvalue weighted by Crippen LogP contribution is -2.48. The number of hydrogen-bond acceptors (Lipinski definition) is 8. The summed E-state index contributed by atoms with van der Waals surface area (Å²) in [7, 11) is 0. The van der Waals surface area contributed by atoms with Gasteiger partial charge in [0.15, 0.2) is 4.90 Å². The number of nitrogens with zero attached hydrogens (tertiary/aromatic N) is 4. The maximum Gasteiger partial charge on any atom is 0.451 e. The van der Waals surface area contributed by atoms with Crippen LogP contribution in [-0.2, 0) is 40.7 Å². The minimum Gasteiger partial charge on any atom is -0.611 e. The second-order valence-electron chi connectivity index (χ2n) is 10.4. The van der Waals surface area contributed by atoms with Gasteiger partial charge in [-0.2, -0.15) is 13.2 Å². The zero-order valence-electron chi connectivity index (χ0n) is 23.0. The molecule has 1 spiro atoms. The summed E-state index contributed by atoms with van der Waals surface area (Å²) >= 11 is 0.392. The molecule has 3 atom stereocenters. The Morgan fingerprint density at radius 1 is 1.24 bits per heavy atom. The van der Waals surface area contributed by atoms with Gasteiger partial charge in [0.2, 0.25) is 5.82 Å². The molecule has 0 radical (unpaired) electrons. The van der Waals surface area contributed by atoms with Crippen LogP contribution in [0.5, 0.6) is 0 Å². The molecule has 8 nitrogen and oxygen atoms in total. The van der Waals surface area contributed by atoms with Gasteiger partial charge in [0, 0.05) is 42.0 Å². The van der Waals surface area contributed by atoms with Crippen molar-refractivity contribution in [3.8, 4) is 0 Å². The number of carbonyl (C=O) groups excluding carboxylic acids is 1. The predicted octanol–water partition coefficient (Wildman–Crippen LogP) is 5.02. The fraction of sp³-hybridized carbons (Fsp3) is 0.500. The zero-order valence-corrected chi connectivity index (χ0v) is 24.7. The van der Waals surface area contributed by atoms with E-state index in [2.05, 4.69) is 25.2 Å². The summed E-state index contributed by atoms with van der Waals surface area (Å²) < 4.78 is 57.1. The van der Waals surface area contributed by atoms with Gasteiger partial charge in [0.1, 0.15) is 11.4 Å². The average Bonchev–Trinajstić information content (AvgIpc) is 3.40. The fourth-order valence-corrected chi connectivity index (χ4v) is 7.49. The normalized spacial score (nSPS) is 20.4. The highest BCUT2D eigenvalue weighted by Gasteiger charge is 2.45. The van der Waals surface area contributed by atoms with E-state index in [1.807, 2.05) is 26.8 Å². The van der Waals surface area contributed by atoms with E-state index in [0.717, 1.165) is 16.9 Å². The molecule has 1 unspecified atom stereocenters. The Kier molecular flexibility index (Phi) is 8.72. The molecule has 1 fully saturated rings. The predicted molar refractivity (Wildman–Crippen MR) is 149 cm³/mol. The molecule has 13 heteroatoms. The van der Waals surface area contributed by atoms with E-state index in [-0.39, 0.29) is 24.6 Å². The van der Waals surface area contributed by atoms with E-state index in [9.17, 15) is 22.5 Å². The lowest BCUT2D eigenvalue weighted by molar-refractivity contribution is -0.145. The Morgan fingerprint density at radius 2 is 1.95 bits per heavy atom. The highest BCUT2D eigenvalue weighted by Crippen LogP contribution is 2.48. The molecule has 3 aromatic rings. The maximum absolute atomic E-state index is 13.1. The fourth-order valence-electron chi connectivity index (χ4n) is 5.47. The number of likely N-dealkylation sites (tertiary alicyclic amines) is 1. The van der Waals surface area contributed by atoms with Gasteiger partial charge >= 0.3 is 6.18 Å². The lowest BCUT2D eigenvalue weighted by Gasteiger charge is -2.47. The van der Waals surface area contributed by atoms with Crippen LogP contribution in [0.15, 0.2) is 41.7 Å². The van der Waals surface area contributed by atoms with Crippen LogP contribution in [0.2, 0.25) is 0 Å². The first kappa shape index (κ1) is 29.9. The Bertz CT molecular complexity index is 1360. The zero-order chi connectivity index (χ0) is 29.4. The van der Waals surface area contributed by atoms with E-state index in [4.69, 9.17) is 4.74 Å². The quantitative estimate of drug-likeness (QED) is 0.376. The number of pyridine rings is 1. The Labute approximate surface area is 243 Å². The van der Waals surface area contributed by atoms with Crippen LogP contribution < -0.4 is 5.32 Å². The van der Waals surface area contributed by atoms with Gasteiger partial charge in [0.05, 0.1) is 29.4 Å². The first-order valence-corrected chi connectivity index (χ1v) is 15.7. The highest BCUT2D eigenvalue weighted by atomic mass is 32.2. The summed E-state index contributed by atoms with van der Waals surface area (Å²) in [6, 6.07) is 5.37. The van der Waals surface area contributed by atoms with Crippen LogP contribution in [0.1, 0.15) is 76.8 Å². The van der Waals surface area contributed by atoms with E-state index >= 15 is 0 Å². The van der Waals surface area contributed by atoms with Gasteiger partial charge in [-0.1, -0.05) is 0 Å². The number of thiophene rings is 1. The molecular formula is C28H32F3N5O3S2. The lowest BCUT2D eigenvalue weighted by atomic mass is 9.83. The van der Waals surface area contributed by atoms with Gasteiger partial charge in [-0.3, -0.25) is 14.7 Å². The average molecular weight is 608 g/mol. The molecule has 0 aromatic carbocycles. The monoisotopic (exact) mass is 607 g/mol. The molecule has 0 saturated carbocycles. The summed E-state index contributed by atoms with van der Waals surface area (Å²) in [6.07, 6.45) is 1.65. The number of halogens is 3. The molecular weight excluding hydrogens is 575 g/mol. The summed E-state index contributed by atoms with van der Waals surface area (Å²) in [6.45, 7) is 7.45. The smallest absolute Gasteiger partial charge is 0.451 e. The highest BCUT2D eigenvalue weighted by molar-refractivity contribution is 7.91. The van der Waals surface area contributed by atoms with Crippen molar-refractivity contribution in [2.75, 3.05) is 18.8 Å². The van der Waals surface area contributed by atoms with Crippen molar-refractivity contribution in [2.24, 2.45) is 0 Å². The maximum atomic E-state index is 13.1. The molecule has 2 aliphatic heterocycles. The topological polar surface area (TPSA) is 103 Å². The van der Waals surface area contributed by atoms with Crippen LogP contribution in [0.3, 0.4) is 0 Å². The van der Waals surface area contributed by atoms with Crippen molar-refractivity contribution in [1.82, 2.24) is 25.2 Å². The number of fused-ring (bicyclic) bond motifs is 2. The van der Waals surface area contributed by atoms with E-state index in [1.165, 1.54) is 23.7 Å². The number of alkyl halides is 3. The number of piperidine rings is 1. The summed E-state index contributed by atoms with van der Waals surface area (Å²) in [5, 5.41) is 2.94. The molecule has 220 valence electrons. The van der Waals surface area contributed by atoms with E-state index < -0.39 is 28.8 Å². The third-order valence-electron chi connectivity index (χ3n) is 7.69. The van der Waals surface area contributed by atoms with Crippen LogP contribution in [0.25, 0.3) is 0 Å². The molecule has 3 aromatic heterocycles. The molecule has 0 aliphatic carbocycles. The summed E-state index contributed by atoms with van der Waals surface area (Å²) in [5.74, 6) is -0.793. The Morgan fingerprint density at radius 3 is 2.56 bits per heavy atom. The second kappa shape index (κ2) is 12.0. The molecule has 0 bridgehead atoms. The molecule has 1 amide bonds. The molecule has 2 aliphatic rings. The molecule has 5 heterocycles. The molecule has 41 heavy (non-hydrogen) atoms. The first-order chi connectivity index (χ1) is 19.5. The van der Waals surface area contributed by atoms with Gasteiger partial charge in [-0.15, -0.1) is 11.3 Å². The Hall–Kier alpha value is -2.58. The SMILES string of the molecule is CC[S+]([O-])c1ccc(CNC(=O)c2cc3c(s2)C2(CCN([C@H](C)c4cnc(C(F)(F)F)nc4)CC2)O[C@@H](C)C3)nc1. The molecule has 1 N–H and O–H groups in total. The minimum atomic E-state index is -4.57. The minimum absolute atomic E-state index is 0.00307. The van der Waals surface area contributed by atoms with Gasteiger partial charge in [-0.05, 0) is 75.0 Å². The van der Waals surface area contributed by atoms with Crippen molar-refractivity contribution in [3.05, 3.63) is 69.2 Å². The summed E-state index contributed by atoms with van der Waals surface area (Å²) in [4.78, 5) is 29.0. The number of amides is 1. The largest absolute Gasteiger partial charge is 0.611 e. The summed E-state index contributed by atoms with van der Waals surface area (Å²) in [5.41, 5.74) is 1.94. The van der Waals surface area contributed by atoms with Gasteiger partial charge < -0.3 is 14.6 Å². The van der Waals surface area contributed by atoms with E-state index in [1.54, 1.807) is 18.3 Å². The van der Waals surface area contributed by atoms with Gasteiger partial charge in [-0.25, -0.2) is 9.97 Å². The van der Waals surface area contributed by atoms with Crippen LogP contribution in [0.4, 0.5) is 13.2 Å². The van der Waals surface area contributed by atoms with Crippen molar-refractivity contribution in [3.63, 3.8) is 0 Å².